The fraction of sp³-hybridized carbons (Fsp3) is 0.0816. The second-order valence-electron chi connectivity index (χ2n) is 27.4. The first kappa shape index (κ1) is 92.6. The number of carbonyl (C=O) groups is 5. The van der Waals surface area contributed by atoms with Crippen LogP contribution >= 0.6 is 15.9 Å². The molecule has 10 aromatic carbocycles. The van der Waals surface area contributed by atoms with Crippen molar-refractivity contribution in [3.8, 4) is 57.5 Å². The van der Waals surface area contributed by atoms with Crippen molar-refractivity contribution in [3.05, 3.63) is 418 Å². The summed E-state index contributed by atoms with van der Waals surface area (Å²) in [5.74, 6) is 2.03. The van der Waals surface area contributed by atoms with Gasteiger partial charge < -0.3 is 50.3 Å². The molecule has 20 nitrogen and oxygen atoms in total. The number of rotatable bonds is 20. The smallest absolute Gasteiger partial charge is 0.418 e. The van der Waals surface area contributed by atoms with E-state index in [-0.39, 0.29) is 65.7 Å². The Labute approximate surface area is 729 Å². The lowest BCUT2D eigenvalue weighted by Crippen LogP contribution is -2.12. The van der Waals surface area contributed by atoms with Crippen LogP contribution in [0.3, 0.4) is 0 Å². The van der Waals surface area contributed by atoms with Crippen LogP contribution < -0.4 is 50.3 Å². The van der Waals surface area contributed by atoms with E-state index < -0.39 is 29.3 Å². The molecule has 0 aliphatic rings. The number of halogens is 8. The van der Waals surface area contributed by atoms with Crippen LogP contribution in [-0.4, -0.2) is 54.5 Å². The molecule has 15 rings (SSSR count). The van der Waals surface area contributed by atoms with Crippen molar-refractivity contribution < 1.29 is 78.4 Å². The molecule has 5 aromatic heterocycles. The summed E-state index contributed by atoms with van der Waals surface area (Å²) in [6.45, 7) is 9.58. The number of nitrogens with zero attached hydrogens (tertiary/aromatic N) is 5. The number of nitrogens with one attached hydrogen (secondary N) is 5. The zero-order valence-electron chi connectivity index (χ0n) is 67.2. The average Bonchev–Trinajstić information content (AvgIpc) is 0.845. The van der Waals surface area contributed by atoms with E-state index in [0.717, 1.165) is 56.8 Å². The van der Waals surface area contributed by atoms with Crippen molar-refractivity contribution in [1.82, 2.24) is 24.9 Å². The van der Waals surface area contributed by atoms with Gasteiger partial charge in [-0.3, -0.25) is 48.9 Å². The van der Waals surface area contributed by atoms with E-state index in [4.69, 9.17) is 23.7 Å². The first-order valence-corrected chi connectivity index (χ1v) is 38.8. The number of aromatic nitrogens is 5. The summed E-state index contributed by atoms with van der Waals surface area (Å²) >= 11 is 3.44. The third-order valence-electron chi connectivity index (χ3n) is 17.1. The summed E-state index contributed by atoms with van der Waals surface area (Å²) in [7, 11) is 0. The van der Waals surface area contributed by atoms with Crippen molar-refractivity contribution in [2.75, 3.05) is 26.6 Å². The largest absolute Gasteiger partial charge is 0.456 e. The van der Waals surface area contributed by atoms with E-state index in [9.17, 15) is 54.7 Å². The summed E-state index contributed by atoms with van der Waals surface area (Å²) in [5.41, 5.74) is 8.49. The molecule has 0 aliphatic carbocycles. The fourth-order valence-electron chi connectivity index (χ4n) is 11.4. The standard InChI is InChI=1S/2C20H15F3N2O2.C19H15BrN2O2.C19H15FN2O2.C19H16N2O2.CH4/c2*1-13-4-2-5-14(8-13)19(26)25-16-6-3-7-17(10-16)27-18-9-15(11-24-12-18)20(21,22)23;2*1-13-4-2-5-14(8-13)19(23)22-16-9-15(20)10-18(11-16)24-17-6-3-7-21-12-17;1-14-5-2-6-15(11-14)19(22)21-16-7-3-8-17(12-16)23-18-9-4-10-20-13-18;/h2*2-12H,1H3,(H,25,26);2*2-12H,1H3,(H,22,23);2-13H,1H3,(H,21,22);1H4. The Morgan fingerprint density at radius 2 is 0.532 bits per heavy atom. The topological polar surface area (TPSA) is 256 Å². The number of ether oxygens (including phenoxy) is 5. The molecule has 5 amide bonds. The van der Waals surface area contributed by atoms with Gasteiger partial charge in [-0.15, -0.1) is 0 Å². The van der Waals surface area contributed by atoms with Crippen molar-refractivity contribution in [2.45, 2.75) is 54.4 Å². The van der Waals surface area contributed by atoms with Gasteiger partial charge in [0, 0.05) is 128 Å². The molecule has 0 bridgehead atoms. The van der Waals surface area contributed by atoms with Crippen LogP contribution in [0.4, 0.5) is 59.2 Å². The Kier molecular flexibility index (Phi) is 32.9. The van der Waals surface area contributed by atoms with Gasteiger partial charge in [0.1, 0.15) is 63.3 Å². The number of alkyl halides is 6. The molecule has 15 aromatic rings. The highest BCUT2D eigenvalue weighted by atomic mass is 79.9. The number of amides is 5. The number of hydrogen-bond donors (Lipinski definition) is 5. The van der Waals surface area contributed by atoms with Gasteiger partial charge in [0.05, 0.1) is 42.1 Å². The molecular weight excluding hydrogens is 1690 g/mol. The van der Waals surface area contributed by atoms with Gasteiger partial charge in [-0.25, -0.2) is 4.39 Å². The number of pyridine rings is 5. The number of aryl methyl sites for hydroxylation is 5. The lowest BCUT2D eigenvalue weighted by molar-refractivity contribution is -0.138. The van der Waals surface area contributed by atoms with Crippen LogP contribution in [-0.2, 0) is 12.4 Å². The van der Waals surface area contributed by atoms with Crippen molar-refractivity contribution >= 4 is 73.9 Å². The van der Waals surface area contributed by atoms with Gasteiger partial charge in [0.25, 0.3) is 29.5 Å². The Balaban J connectivity index is 0.000000164. The van der Waals surface area contributed by atoms with Crippen molar-refractivity contribution in [1.29, 1.82) is 0 Å². The summed E-state index contributed by atoms with van der Waals surface area (Å²) in [6, 6.07) is 78.2. The molecule has 0 unspecified atom stereocenters. The highest BCUT2D eigenvalue weighted by molar-refractivity contribution is 9.10. The zero-order valence-corrected chi connectivity index (χ0v) is 68.8. The highest BCUT2D eigenvalue weighted by Gasteiger charge is 2.32. The molecule has 5 N–H and O–H groups in total. The van der Waals surface area contributed by atoms with Crippen LogP contribution in [0.25, 0.3) is 0 Å². The van der Waals surface area contributed by atoms with Gasteiger partial charge in [-0.1, -0.05) is 130 Å². The van der Waals surface area contributed by atoms with Crippen LogP contribution in [0.1, 0.15) is 98.2 Å². The minimum absolute atomic E-state index is 0. The molecule has 0 saturated heterocycles. The minimum atomic E-state index is -4.50. The fourth-order valence-corrected chi connectivity index (χ4v) is 11.9. The lowest BCUT2D eigenvalue weighted by Gasteiger charge is -2.11. The third kappa shape index (κ3) is 29.9. The quantitative estimate of drug-likeness (QED) is 0.0445. The maximum absolute atomic E-state index is 13.8. The molecule has 0 atom stereocenters. The summed E-state index contributed by atoms with van der Waals surface area (Å²) in [4.78, 5) is 80.6. The number of hydrogen-bond acceptors (Lipinski definition) is 15. The second kappa shape index (κ2) is 44.7. The van der Waals surface area contributed by atoms with Gasteiger partial charge in [-0.05, 0) is 198 Å². The third-order valence-corrected chi connectivity index (χ3v) is 17.6. The molecule has 5 heterocycles. The molecule has 28 heteroatoms. The van der Waals surface area contributed by atoms with Crippen molar-refractivity contribution in [2.24, 2.45) is 0 Å². The Hall–Kier alpha value is -15.7. The normalized spacial score (nSPS) is 10.5. The zero-order chi connectivity index (χ0) is 88.8. The van der Waals surface area contributed by atoms with Crippen LogP contribution in [0, 0.1) is 40.4 Å². The van der Waals surface area contributed by atoms with Gasteiger partial charge in [0.15, 0.2) is 0 Å². The predicted molar refractivity (Wildman–Crippen MR) is 474 cm³/mol. The van der Waals surface area contributed by atoms with E-state index >= 15 is 0 Å². The second-order valence-corrected chi connectivity index (χ2v) is 28.4. The molecule has 0 saturated carbocycles. The lowest BCUT2D eigenvalue weighted by atomic mass is 10.1. The Morgan fingerprint density at radius 1 is 0.270 bits per heavy atom. The Bertz CT molecular complexity index is 5940. The molecule has 126 heavy (non-hydrogen) atoms. The first-order chi connectivity index (χ1) is 60.0. The molecule has 0 aliphatic heterocycles. The number of benzene rings is 10. The Morgan fingerprint density at radius 3 is 0.833 bits per heavy atom. The van der Waals surface area contributed by atoms with Gasteiger partial charge >= 0.3 is 12.4 Å². The predicted octanol–water partition coefficient (Wildman–Crippen LogP) is 25.7. The number of anilines is 5. The number of carbonyl (C=O) groups excluding carboxylic acids is 5. The molecular formula is C98H80BrF7N10O10. The van der Waals surface area contributed by atoms with E-state index in [1.54, 1.807) is 177 Å². The van der Waals surface area contributed by atoms with Crippen LogP contribution in [0.5, 0.6) is 57.5 Å². The van der Waals surface area contributed by atoms with E-state index in [1.807, 2.05) is 132 Å². The van der Waals surface area contributed by atoms with E-state index in [1.165, 1.54) is 42.9 Å². The molecule has 0 radical (unpaired) electrons. The van der Waals surface area contributed by atoms with Crippen molar-refractivity contribution in [3.63, 3.8) is 0 Å². The van der Waals surface area contributed by atoms with Crippen LogP contribution in [0.2, 0.25) is 0 Å². The SMILES string of the molecule is C.Cc1cccc(C(=O)Nc2cc(Br)cc(Oc3cccnc3)c2)c1.Cc1cccc(C(=O)Nc2cc(F)cc(Oc3cccnc3)c2)c1.Cc1cccc(C(=O)Nc2cccc(Oc3cccnc3)c2)c1.Cc1cccc(C(=O)Nc2cccc(Oc3cncc(C(F)(F)F)c3)c2)c1.Cc1cccc(C(=O)Nc2cccc(Oc3cncc(C(F)(F)F)c3)c2)c1. The van der Waals surface area contributed by atoms with Gasteiger partial charge in [0.2, 0.25) is 0 Å². The summed E-state index contributed by atoms with van der Waals surface area (Å²) in [6.07, 6.45) is 4.60. The maximum atomic E-state index is 13.8. The molecule has 0 fully saturated rings. The average molecular weight is 1770 g/mol. The molecule has 0 spiro atoms. The molecule has 638 valence electrons. The summed E-state index contributed by atoms with van der Waals surface area (Å²) < 4.78 is 119. The van der Waals surface area contributed by atoms with Crippen LogP contribution in [0.15, 0.2) is 345 Å². The summed E-state index contributed by atoms with van der Waals surface area (Å²) in [5, 5.41) is 13.9. The van der Waals surface area contributed by atoms with E-state index in [0.29, 0.717) is 85.0 Å². The maximum Gasteiger partial charge on any atom is 0.418 e. The first-order valence-electron chi connectivity index (χ1n) is 38.0. The highest BCUT2D eigenvalue weighted by Crippen LogP contribution is 2.36. The van der Waals surface area contributed by atoms with E-state index in [2.05, 4.69) is 67.4 Å². The van der Waals surface area contributed by atoms with Gasteiger partial charge in [-0.2, -0.15) is 26.3 Å². The monoisotopic (exact) mass is 1770 g/mol. The minimum Gasteiger partial charge on any atom is -0.456 e.